The molecule has 1 aliphatic heterocycles. The quantitative estimate of drug-likeness (QED) is 0.253. The Bertz CT molecular complexity index is 369. The van der Waals surface area contributed by atoms with Gasteiger partial charge in [-0.1, -0.05) is 6.58 Å². The number of nitrogens with one attached hydrogen (secondary N) is 3. The van der Waals surface area contributed by atoms with E-state index in [1.807, 2.05) is 6.20 Å². The van der Waals surface area contributed by atoms with Gasteiger partial charge in [-0.25, -0.2) is 0 Å². The lowest BCUT2D eigenvalue weighted by Crippen LogP contribution is -2.57. The molecule has 1 aliphatic rings. The highest BCUT2D eigenvalue weighted by Crippen LogP contribution is 2.09. The molecule has 7 heteroatoms. The molecule has 2 amide bonds. The van der Waals surface area contributed by atoms with Gasteiger partial charge >= 0.3 is 0 Å². The number of hydrogen-bond acceptors (Lipinski definition) is 4. The monoisotopic (exact) mass is 282 g/mol. The number of hydrogen-bond donors (Lipinski definition) is 4. The Morgan fingerprint density at radius 3 is 2.50 bits per heavy atom. The Hall–Kier alpha value is -1.70. The largest absolute Gasteiger partial charge is 0.335 e. The molecule has 1 saturated heterocycles. The summed E-state index contributed by atoms with van der Waals surface area (Å²) in [6, 6.07) is 0. The Balaban J connectivity index is 2.44. The summed E-state index contributed by atoms with van der Waals surface area (Å²) in [4.78, 5) is 22.6. The maximum Gasteiger partial charge on any atom is 0.250 e. The number of rotatable bonds is 7. The smallest absolute Gasteiger partial charge is 0.250 e. The first-order chi connectivity index (χ1) is 9.62. The van der Waals surface area contributed by atoms with Crippen LogP contribution in [0.1, 0.15) is 0 Å². The Morgan fingerprint density at radius 2 is 1.90 bits per heavy atom. The maximum absolute atomic E-state index is 11.7. The van der Waals surface area contributed by atoms with Crippen molar-refractivity contribution in [3.8, 4) is 0 Å². The van der Waals surface area contributed by atoms with Gasteiger partial charge in [0.25, 0.3) is 5.91 Å². The van der Waals surface area contributed by atoms with Crippen molar-refractivity contribution in [2.45, 2.75) is 0 Å². The molecule has 0 aromatic heterocycles. The van der Waals surface area contributed by atoms with Gasteiger partial charge in [0, 0.05) is 19.6 Å². The second kappa shape index (κ2) is 8.47. The summed E-state index contributed by atoms with van der Waals surface area (Å²) in [5.41, 5.74) is 5.65. The van der Waals surface area contributed by atoms with E-state index in [2.05, 4.69) is 22.5 Å². The zero-order valence-corrected chi connectivity index (χ0v) is 11.7. The molecule has 112 valence electrons. The average Bonchev–Trinajstić information content (AvgIpc) is 2.46. The van der Waals surface area contributed by atoms with Crippen molar-refractivity contribution < 1.29 is 14.1 Å². The summed E-state index contributed by atoms with van der Waals surface area (Å²) < 4.78 is 0.718. The van der Waals surface area contributed by atoms with Gasteiger partial charge in [0.05, 0.1) is 32.4 Å². The van der Waals surface area contributed by atoms with Crippen molar-refractivity contribution in [2.24, 2.45) is 5.73 Å². The lowest BCUT2D eigenvalue weighted by Gasteiger charge is -2.38. The summed E-state index contributed by atoms with van der Waals surface area (Å²) in [5, 5.41) is 8.35. The Kier molecular flexibility index (Phi) is 6.92. The topological polar surface area (TPSA) is 96.2 Å². The summed E-state index contributed by atoms with van der Waals surface area (Å²) in [5.74, 6) is -0.551. The molecule has 0 aliphatic carbocycles. The molecule has 0 radical (unpaired) electrons. The van der Waals surface area contributed by atoms with Crippen LogP contribution in [0.2, 0.25) is 0 Å². The van der Waals surface area contributed by atoms with Crippen LogP contribution in [0.3, 0.4) is 0 Å². The molecule has 1 heterocycles. The number of nitrogens with two attached hydrogens (primary N) is 1. The van der Waals surface area contributed by atoms with Crippen molar-refractivity contribution in [1.82, 2.24) is 16.0 Å². The first-order valence-corrected chi connectivity index (χ1v) is 6.76. The van der Waals surface area contributed by atoms with E-state index >= 15 is 0 Å². The van der Waals surface area contributed by atoms with Crippen molar-refractivity contribution in [3.05, 3.63) is 24.9 Å². The number of nitrogens with zero attached hydrogens (tertiary/aromatic N) is 1. The van der Waals surface area contributed by atoms with Gasteiger partial charge in [-0.15, -0.1) is 0 Å². The third-order valence-corrected chi connectivity index (χ3v) is 3.30. The lowest BCUT2D eigenvalue weighted by molar-refractivity contribution is -0.879. The van der Waals surface area contributed by atoms with E-state index in [9.17, 15) is 9.59 Å². The molecule has 0 spiro atoms. The number of amides is 2. The fraction of sp³-hybridized carbons (Fsp3) is 0.538. The van der Waals surface area contributed by atoms with Crippen LogP contribution in [0, 0.1) is 0 Å². The summed E-state index contributed by atoms with van der Waals surface area (Å²) >= 11 is 0. The molecule has 0 bridgehead atoms. The van der Waals surface area contributed by atoms with Gasteiger partial charge in [-0.3, -0.25) is 14.1 Å². The second-order valence-corrected chi connectivity index (χ2v) is 4.71. The van der Waals surface area contributed by atoms with Gasteiger partial charge < -0.3 is 21.7 Å². The SMILES string of the molecule is C=CC(=O)NCNC(=O)C=C[N+]1(CCN)CCNCC1. The number of quaternary nitrogens is 1. The fourth-order valence-electron chi connectivity index (χ4n) is 2.12. The van der Waals surface area contributed by atoms with E-state index in [-0.39, 0.29) is 18.5 Å². The molecule has 0 atom stereocenters. The molecule has 0 saturated carbocycles. The highest BCUT2D eigenvalue weighted by Gasteiger charge is 2.26. The van der Waals surface area contributed by atoms with Crippen LogP contribution in [0.25, 0.3) is 0 Å². The molecule has 5 N–H and O–H groups in total. The van der Waals surface area contributed by atoms with Gasteiger partial charge in [-0.2, -0.15) is 0 Å². The van der Waals surface area contributed by atoms with Crippen LogP contribution >= 0.6 is 0 Å². The molecule has 7 nitrogen and oxygen atoms in total. The molecule has 1 fully saturated rings. The maximum atomic E-state index is 11.7. The molecule has 0 aromatic rings. The van der Waals surface area contributed by atoms with Crippen LogP contribution in [0.15, 0.2) is 24.9 Å². The van der Waals surface area contributed by atoms with Gasteiger partial charge in [-0.05, 0) is 6.08 Å². The zero-order chi connectivity index (χ0) is 14.8. The van der Waals surface area contributed by atoms with Crippen LogP contribution < -0.4 is 21.7 Å². The normalized spacial score (nSPS) is 17.6. The first-order valence-electron chi connectivity index (χ1n) is 6.76. The number of carbonyl (C=O) groups excluding carboxylic acids is 2. The minimum atomic E-state index is -0.317. The highest BCUT2D eigenvalue weighted by atomic mass is 16.2. The van der Waals surface area contributed by atoms with E-state index in [0.717, 1.165) is 43.3 Å². The van der Waals surface area contributed by atoms with Crippen LogP contribution in [0.5, 0.6) is 0 Å². The number of carbonyl (C=O) groups is 2. The Morgan fingerprint density at radius 1 is 1.25 bits per heavy atom. The minimum absolute atomic E-state index is 0.0898. The van der Waals surface area contributed by atoms with Crippen molar-refractivity contribution in [3.63, 3.8) is 0 Å². The lowest BCUT2D eigenvalue weighted by atomic mass is 10.2. The third-order valence-electron chi connectivity index (χ3n) is 3.30. The van der Waals surface area contributed by atoms with E-state index in [1.54, 1.807) is 0 Å². The van der Waals surface area contributed by atoms with E-state index in [1.165, 1.54) is 6.08 Å². The molecular weight excluding hydrogens is 258 g/mol. The minimum Gasteiger partial charge on any atom is -0.335 e. The zero-order valence-electron chi connectivity index (χ0n) is 11.7. The van der Waals surface area contributed by atoms with E-state index in [4.69, 9.17) is 5.73 Å². The fourth-order valence-corrected chi connectivity index (χ4v) is 2.12. The van der Waals surface area contributed by atoms with Gasteiger partial charge in [0.1, 0.15) is 6.20 Å². The van der Waals surface area contributed by atoms with Crippen molar-refractivity contribution >= 4 is 11.8 Å². The Labute approximate surface area is 119 Å². The molecule has 20 heavy (non-hydrogen) atoms. The van der Waals surface area contributed by atoms with E-state index < -0.39 is 0 Å². The highest BCUT2D eigenvalue weighted by molar-refractivity contribution is 5.89. The van der Waals surface area contributed by atoms with Crippen LogP contribution in [-0.2, 0) is 9.59 Å². The summed E-state index contributed by atoms with van der Waals surface area (Å²) in [7, 11) is 0. The van der Waals surface area contributed by atoms with E-state index in [0.29, 0.717) is 6.54 Å². The standard InChI is InChI=1S/C13H23N5O2/c1-2-12(19)16-11-17-13(20)3-7-18(8-4-14)9-5-15-6-10-18/h2-3,7,15H,1,4-6,8-11,14H2,(H-,16,17,19,20)/p+1. The third kappa shape index (κ3) is 5.52. The van der Waals surface area contributed by atoms with Crippen LogP contribution in [-0.4, -0.2) is 62.2 Å². The van der Waals surface area contributed by atoms with Crippen molar-refractivity contribution in [1.29, 1.82) is 0 Å². The second-order valence-electron chi connectivity index (χ2n) is 4.71. The van der Waals surface area contributed by atoms with Crippen molar-refractivity contribution in [2.75, 3.05) is 45.9 Å². The van der Waals surface area contributed by atoms with Gasteiger partial charge in [0.15, 0.2) is 0 Å². The summed E-state index contributed by atoms with van der Waals surface area (Å²) in [6.45, 7) is 8.50. The molecule has 1 rings (SSSR count). The van der Waals surface area contributed by atoms with Crippen LogP contribution in [0.4, 0.5) is 0 Å². The number of piperazine rings is 1. The summed E-state index contributed by atoms with van der Waals surface area (Å²) in [6.07, 6.45) is 4.57. The predicted molar refractivity (Wildman–Crippen MR) is 77.3 cm³/mol. The molecule has 0 unspecified atom stereocenters. The molecule has 0 aromatic carbocycles. The predicted octanol–water partition coefficient (Wildman–Crippen LogP) is -1.75. The average molecular weight is 282 g/mol. The first kappa shape index (κ1) is 16.4. The van der Waals surface area contributed by atoms with Gasteiger partial charge in [0.2, 0.25) is 5.91 Å². The molecular formula is C13H24N5O2+.